The highest BCUT2D eigenvalue weighted by molar-refractivity contribution is 7.90. The SMILES string of the molecule is COCCc1ccccc1NS(=O)(=O)N(C)CCCN. The molecule has 1 rings (SSSR count). The average Bonchev–Trinajstić information content (AvgIpc) is 2.43. The van der Waals surface area contributed by atoms with Crippen LogP contribution in [-0.4, -0.2) is 46.6 Å². The molecule has 6 nitrogen and oxygen atoms in total. The number of rotatable bonds is 9. The van der Waals surface area contributed by atoms with Gasteiger partial charge in [0.15, 0.2) is 0 Å². The zero-order valence-corrected chi connectivity index (χ0v) is 12.8. The molecule has 0 aliphatic carbocycles. The lowest BCUT2D eigenvalue weighted by atomic mass is 10.1. The largest absolute Gasteiger partial charge is 0.384 e. The Morgan fingerprint density at radius 3 is 2.70 bits per heavy atom. The van der Waals surface area contributed by atoms with Crippen LogP contribution in [0, 0.1) is 0 Å². The second kappa shape index (κ2) is 8.21. The van der Waals surface area contributed by atoms with Crippen LogP contribution >= 0.6 is 0 Å². The van der Waals surface area contributed by atoms with Crippen molar-refractivity contribution in [2.45, 2.75) is 12.8 Å². The molecule has 0 spiro atoms. The first-order valence-corrected chi connectivity index (χ1v) is 7.96. The molecule has 0 saturated heterocycles. The molecule has 114 valence electrons. The van der Waals surface area contributed by atoms with Crippen molar-refractivity contribution in [1.29, 1.82) is 0 Å². The molecular weight excluding hydrogens is 278 g/mol. The molecule has 0 heterocycles. The van der Waals surface area contributed by atoms with E-state index < -0.39 is 10.2 Å². The zero-order valence-electron chi connectivity index (χ0n) is 12.0. The second-order valence-electron chi connectivity index (χ2n) is 4.47. The van der Waals surface area contributed by atoms with E-state index in [2.05, 4.69) is 4.72 Å². The van der Waals surface area contributed by atoms with Crippen LogP contribution in [0.4, 0.5) is 5.69 Å². The molecule has 0 aliphatic heterocycles. The third-order valence-electron chi connectivity index (χ3n) is 2.92. The normalized spacial score (nSPS) is 11.8. The van der Waals surface area contributed by atoms with Crippen molar-refractivity contribution in [2.24, 2.45) is 5.73 Å². The maximum atomic E-state index is 12.2. The molecule has 0 radical (unpaired) electrons. The number of anilines is 1. The minimum atomic E-state index is -3.55. The summed E-state index contributed by atoms with van der Waals surface area (Å²) >= 11 is 0. The third kappa shape index (κ3) is 5.09. The van der Waals surface area contributed by atoms with Gasteiger partial charge in [0, 0.05) is 20.7 Å². The van der Waals surface area contributed by atoms with E-state index in [1.54, 1.807) is 19.2 Å². The Kier molecular flexibility index (Phi) is 6.94. The molecule has 0 aromatic heterocycles. The highest BCUT2D eigenvalue weighted by atomic mass is 32.2. The topological polar surface area (TPSA) is 84.7 Å². The van der Waals surface area contributed by atoms with Gasteiger partial charge in [0.2, 0.25) is 0 Å². The van der Waals surface area contributed by atoms with E-state index in [1.807, 2.05) is 12.1 Å². The van der Waals surface area contributed by atoms with Crippen molar-refractivity contribution < 1.29 is 13.2 Å². The maximum Gasteiger partial charge on any atom is 0.301 e. The highest BCUT2D eigenvalue weighted by Crippen LogP contribution is 2.18. The molecule has 0 bridgehead atoms. The highest BCUT2D eigenvalue weighted by Gasteiger charge is 2.18. The first-order chi connectivity index (χ1) is 9.51. The van der Waals surface area contributed by atoms with Crippen LogP contribution in [0.3, 0.4) is 0 Å². The van der Waals surface area contributed by atoms with Gasteiger partial charge in [-0.05, 0) is 31.0 Å². The predicted octanol–water partition coefficient (Wildman–Crippen LogP) is 0.813. The summed E-state index contributed by atoms with van der Waals surface area (Å²) in [6, 6.07) is 7.31. The number of methoxy groups -OCH3 is 1. The minimum Gasteiger partial charge on any atom is -0.384 e. The fourth-order valence-electron chi connectivity index (χ4n) is 1.70. The van der Waals surface area contributed by atoms with Gasteiger partial charge in [-0.15, -0.1) is 0 Å². The smallest absolute Gasteiger partial charge is 0.301 e. The van der Waals surface area contributed by atoms with Gasteiger partial charge in [-0.2, -0.15) is 12.7 Å². The molecule has 7 heteroatoms. The summed E-state index contributed by atoms with van der Waals surface area (Å²) in [6.45, 7) is 1.40. The van der Waals surface area contributed by atoms with Crippen molar-refractivity contribution in [2.75, 3.05) is 38.6 Å². The Morgan fingerprint density at radius 1 is 1.35 bits per heavy atom. The third-order valence-corrected chi connectivity index (χ3v) is 4.40. The van der Waals surface area contributed by atoms with E-state index in [-0.39, 0.29) is 0 Å². The molecular formula is C13H23N3O3S. The van der Waals surface area contributed by atoms with Crippen molar-refractivity contribution in [3.63, 3.8) is 0 Å². The van der Waals surface area contributed by atoms with E-state index in [1.165, 1.54) is 11.4 Å². The van der Waals surface area contributed by atoms with Crippen LogP contribution in [0.1, 0.15) is 12.0 Å². The van der Waals surface area contributed by atoms with Gasteiger partial charge < -0.3 is 10.5 Å². The summed E-state index contributed by atoms with van der Waals surface area (Å²) in [7, 11) is -0.390. The lowest BCUT2D eigenvalue weighted by Gasteiger charge is -2.19. The molecule has 0 fully saturated rings. The number of para-hydroxylation sites is 1. The first-order valence-electron chi connectivity index (χ1n) is 6.52. The molecule has 0 saturated carbocycles. The summed E-state index contributed by atoms with van der Waals surface area (Å²) in [5.41, 5.74) is 6.89. The minimum absolute atomic E-state index is 0.395. The van der Waals surface area contributed by atoms with Crippen molar-refractivity contribution in [3.8, 4) is 0 Å². The summed E-state index contributed by atoms with van der Waals surface area (Å²) < 4.78 is 33.3. The Balaban J connectivity index is 2.81. The molecule has 0 atom stereocenters. The standard InChI is InChI=1S/C13H23N3O3S/c1-16(10-5-9-14)20(17,18)15-13-7-4-3-6-12(13)8-11-19-2/h3-4,6-7,15H,5,8-11,14H2,1-2H3. The molecule has 1 aromatic carbocycles. The van der Waals surface area contributed by atoms with Gasteiger partial charge in [-0.1, -0.05) is 18.2 Å². The Bertz CT molecular complexity index is 505. The number of nitrogens with zero attached hydrogens (tertiary/aromatic N) is 1. The average molecular weight is 301 g/mol. The van der Waals surface area contributed by atoms with Gasteiger partial charge in [0.25, 0.3) is 0 Å². The van der Waals surface area contributed by atoms with Crippen LogP contribution in [0.25, 0.3) is 0 Å². The number of nitrogens with one attached hydrogen (secondary N) is 1. The monoisotopic (exact) mass is 301 g/mol. The van der Waals surface area contributed by atoms with Crippen LogP contribution in [0.5, 0.6) is 0 Å². The number of benzene rings is 1. The quantitative estimate of drug-likeness (QED) is 0.707. The Labute approximate surface area is 121 Å². The van der Waals surface area contributed by atoms with Crippen LogP contribution < -0.4 is 10.5 Å². The van der Waals surface area contributed by atoms with Crippen molar-refractivity contribution in [3.05, 3.63) is 29.8 Å². The molecule has 0 aliphatic rings. The molecule has 1 aromatic rings. The Hall–Kier alpha value is -1.15. The van der Waals surface area contributed by atoms with Gasteiger partial charge in [-0.3, -0.25) is 4.72 Å². The van der Waals surface area contributed by atoms with E-state index in [0.29, 0.717) is 38.2 Å². The van der Waals surface area contributed by atoms with E-state index >= 15 is 0 Å². The summed E-state index contributed by atoms with van der Waals surface area (Å²) in [5.74, 6) is 0. The van der Waals surface area contributed by atoms with E-state index in [4.69, 9.17) is 10.5 Å². The molecule has 3 N–H and O–H groups in total. The fraction of sp³-hybridized carbons (Fsp3) is 0.538. The van der Waals surface area contributed by atoms with Gasteiger partial charge >= 0.3 is 10.2 Å². The van der Waals surface area contributed by atoms with Gasteiger partial charge in [0.1, 0.15) is 0 Å². The lowest BCUT2D eigenvalue weighted by molar-refractivity contribution is 0.202. The van der Waals surface area contributed by atoms with E-state index in [0.717, 1.165) is 5.56 Å². The first kappa shape index (κ1) is 16.9. The van der Waals surface area contributed by atoms with Crippen molar-refractivity contribution >= 4 is 15.9 Å². The number of hydrogen-bond acceptors (Lipinski definition) is 4. The number of hydrogen-bond donors (Lipinski definition) is 2. The molecule has 20 heavy (non-hydrogen) atoms. The van der Waals surface area contributed by atoms with Gasteiger partial charge in [0.05, 0.1) is 12.3 Å². The van der Waals surface area contributed by atoms with Crippen LogP contribution in [-0.2, 0) is 21.4 Å². The maximum absolute atomic E-state index is 12.2. The lowest BCUT2D eigenvalue weighted by Crippen LogP contribution is -2.34. The summed E-state index contributed by atoms with van der Waals surface area (Å²) in [5, 5.41) is 0. The molecule has 0 unspecified atom stereocenters. The zero-order chi connectivity index (χ0) is 15.0. The molecule has 0 amide bonds. The van der Waals surface area contributed by atoms with Crippen LogP contribution in [0.15, 0.2) is 24.3 Å². The predicted molar refractivity (Wildman–Crippen MR) is 80.9 cm³/mol. The summed E-state index contributed by atoms with van der Waals surface area (Å²) in [4.78, 5) is 0. The number of ether oxygens (including phenoxy) is 1. The van der Waals surface area contributed by atoms with E-state index in [9.17, 15) is 8.42 Å². The Morgan fingerprint density at radius 2 is 2.05 bits per heavy atom. The number of nitrogens with two attached hydrogens (primary N) is 1. The van der Waals surface area contributed by atoms with Crippen LogP contribution in [0.2, 0.25) is 0 Å². The van der Waals surface area contributed by atoms with Crippen molar-refractivity contribution in [1.82, 2.24) is 4.31 Å². The van der Waals surface area contributed by atoms with Gasteiger partial charge in [-0.25, -0.2) is 0 Å². The summed E-state index contributed by atoms with van der Waals surface area (Å²) in [6.07, 6.45) is 1.28. The second-order valence-corrected chi connectivity index (χ2v) is 6.25. The fourth-order valence-corrected chi connectivity index (χ4v) is 2.70.